The lowest BCUT2D eigenvalue weighted by Gasteiger charge is -2.25. The van der Waals surface area contributed by atoms with Crippen LogP contribution in [0.2, 0.25) is 0 Å². The number of nitrogens with zero attached hydrogens (tertiary/aromatic N) is 2. The van der Waals surface area contributed by atoms with E-state index in [2.05, 4.69) is 70.7 Å². The largest absolute Gasteiger partial charge is 0.374 e. The maximum Gasteiger partial charge on any atom is 0.0862 e. The smallest absolute Gasteiger partial charge is 0.0862 e. The Labute approximate surface area is 135 Å². The Morgan fingerprint density at radius 3 is 2.59 bits per heavy atom. The standard InChI is InChI=1S/C19H30N2O/c1-14(2)18(12-22-19(4,5)6)20-13-21-11-16-9-7-8-10-17(16)15(21)3/h7-10,13-15,18H,11-12H2,1-6H3/t15-,18?/m1/s1. The fourth-order valence-corrected chi connectivity index (χ4v) is 2.65. The molecule has 0 radical (unpaired) electrons. The van der Waals surface area contributed by atoms with Crippen LogP contribution in [-0.2, 0) is 11.3 Å². The Kier molecular flexibility index (Phi) is 5.28. The summed E-state index contributed by atoms with van der Waals surface area (Å²) in [5, 5.41) is 0. The summed E-state index contributed by atoms with van der Waals surface area (Å²) < 4.78 is 5.92. The lowest BCUT2D eigenvalue weighted by molar-refractivity contribution is -0.0145. The van der Waals surface area contributed by atoms with Gasteiger partial charge in [0, 0.05) is 6.54 Å². The summed E-state index contributed by atoms with van der Waals surface area (Å²) in [4.78, 5) is 7.13. The third-order valence-corrected chi connectivity index (χ3v) is 4.22. The van der Waals surface area contributed by atoms with Gasteiger partial charge in [0.25, 0.3) is 0 Å². The third-order valence-electron chi connectivity index (χ3n) is 4.22. The van der Waals surface area contributed by atoms with Crippen molar-refractivity contribution in [3.8, 4) is 0 Å². The van der Waals surface area contributed by atoms with Crippen LogP contribution in [0.25, 0.3) is 0 Å². The predicted molar refractivity (Wildman–Crippen MR) is 93.2 cm³/mol. The van der Waals surface area contributed by atoms with E-state index in [1.807, 2.05) is 6.34 Å². The van der Waals surface area contributed by atoms with Crippen molar-refractivity contribution in [2.24, 2.45) is 10.9 Å². The summed E-state index contributed by atoms with van der Waals surface area (Å²) in [5.74, 6) is 0.471. The summed E-state index contributed by atoms with van der Waals surface area (Å²) in [7, 11) is 0. The minimum absolute atomic E-state index is 0.111. The maximum absolute atomic E-state index is 5.92. The Balaban J connectivity index is 2.00. The van der Waals surface area contributed by atoms with E-state index in [1.165, 1.54) is 11.1 Å². The summed E-state index contributed by atoms with van der Waals surface area (Å²) in [5.41, 5.74) is 2.72. The van der Waals surface area contributed by atoms with Crippen molar-refractivity contribution in [1.29, 1.82) is 0 Å². The third kappa shape index (κ3) is 4.33. The van der Waals surface area contributed by atoms with E-state index in [-0.39, 0.29) is 11.6 Å². The van der Waals surface area contributed by atoms with E-state index < -0.39 is 0 Å². The molecule has 3 nitrogen and oxygen atoms in total. The van der Waals surface area contributed by atoms with E-state index in [9.17, 15) is 0 Å². The van der Waals surface area contributed by atoms with Crippen LogP contribution >= 0.6 is 0 Å². The van der Waals surface area contributed by atoms with E-state index in [0.717, 1.165) is 6.54 Å². The highest BCUT2D eigenvalue weighted by Gasteiger charge is 2.24. The molecule has 0 bridgehead atoms. The van der Waals surface area contributed by atoms with E-state index >= 15 is 0 Å². The highest BCUT2D eigenvalue weighted by atomic mass is 16.5. The Morgan fingerprint density at radius 1 is 1.32 bits per heavy atom. The quantitative estimate of drug-likeness (QED) is 0.593. The Bertz CT molecular complexity index is 516. The number of aliphatic imine (C=N–C) groups is 1. The van der Waals surface area contributed by atoms with Crippen LogP contribution in [0.5, 0.6) is 0 Å². The second kappa shape index (κ2) is 6.82. The summed E-state index contributed by atoms with van der Waals surface area (Å²) in [6.07, 6.45) is 2.03. The molecule has 1 aliphatic heterocycles. The topological polar surface area (TPSA) is 24.8 Å². The van der Waals surface area contributed by atoms with Gasteiger partial charge in [-0.15, -0.1) is 0 Å². The average Bonchev–Trinajstić information content (AvgIpc) is 2.74. The zero-order valence-electron chi connectivity index (χ0n) is 14.8. The zero-order valence-corrected chi connectivity index (χ0v) is 14.8. The SMILES string of the molecule is CC(C)C(COC(C)(C)C)N=CN1Cc2ccccc2[C@H]1C. The molecule has 0 N–H and O–H groups in total. The Hall–Kier alpha value is -1.35. The van der Waals surface area contributed by atoms with Gasteiger partial charge in [0.15, 0.2) is 0 Å². The molecule has 1 aromatic carbocycles. The fourth-order valence-electron chi connectivity index (χ4n) is 2.65. The highest BCUT2D eigenvalue weighted by molar-refractivity contribution is 5.59. The summed E-state index contributed by atoms with van der Waals surface area (Å²) in [6, 6.07) is 9.26. The van der Waals surface area contributed by atoms with Gasteiger partial charge in [-0.25, -0.2) is 0 Å². The first-order valence-corrected chi connectivity index (χ1v) is 8.29. The van der Waals surface area contributed by atoms with Crippen molar-refractivity contribution < 1.29 is 4.74 Å². The molecule has 1 unspecified atom stereocenters. The van der Waals surface area contributed by atoms with Crippen LogP contribution < -0.4 is 0 Å². The van der Waals surface area contributed by atoms with E-state index in [0.29, 0.717) is 18.6 Å². The van der Waals surface area contributed by atoms with Crippen LogP contribution in [0.15, 0.2) is 29.3 Å². The fraction of sp³-hybridized carbons (Fsp3) is 0.632. The van der Waals surface area contributed by atoms with Crippen LogP contribution in [0.1, 0.15) is 58.7 Å². The molecule has 1 aromatic rings. The van der Waals surface area contributed by atoms with Crippen LogP contribution in [0.4, 0.5) is 0 Å². The van der Waals surface area contributed by atoms with E-state index in [1.54, 1.807) is 0 Å². The predicted octanol–water partition coefficient (Wildman–Crippen LogP) is 4.43. The molecule has 0 saturated carbocycles. The monoisotopic (exact) mass is 302 g/mol. The van der Waals surface area contributed by atoms with Crippen molar-refractivity contribution in [2.45, 2.75) is 65.8 Å². The molecule has 0 amide bonds. The Morgan fingerprint density at radius 2 is 2.00 bits per heavy atom. The zero-order chi connectivity index (χ0) is 16.3. The molecule has 0 saturated heterocycles. The normalized spacial score (nSPS) is 20.0. The van der Waals surface area contributed by atoms with Gasteiger partial charge in [-0.2, -0.15) is 0 Å². The molecule has 2 atom stereocenters. The van der Waals surface area contributed by atoms with Crippen molar-refractivity contribution in [2.75, 3.05) is 6.61 Å². The molecule has 122 valence electrons. The summed E-state index contributed by atoms with van der Waals surface area (Å²) in [6.45, 7) is 14.5. The van der Waals surface area contributed by atoms with Gasteiger partial charge >= 0.3 is 0 Å². The second-order valence-corrected chi connectivity index (χ2v) is 7.55. The van der Waals surface area contributed by atoms with E-state index in [4.69, 9.17) is 9.73 Å². The van der Waals surface area contributed by atoms with Gasteiger partial charge in [0.1, 0.15) is 0 Å². The number of benzene rings is 1. The van der Waals surface area contributed by atoms with Gasteiger partial charge in [-0.3, -0.25) is 4.99 Å². The van der Waals surface area contributed by atoms with Crippen molar-refractivity contribution >= 4 is 6.34 Å². The van der Waals surface area contributed by atoms with Crippen molar-refractivity contribution in [3.05, 3.63) is 35.4 Å². The van der Waals surface area contributed by atoms with Crippen LogP contribution in [-0.4, -0.2) is 29.5 Å². The first kappa shape index (κ1) is 17.0. The maximum atomic E-state index is 5.92. The lowest BCUT2D eigenvalue weighted by Crippen LogP contribution is -2.29. The molecule has 0 fully saturated rings. The summed E-state index contributed by atoms with van der Waals surface area (Å²) >= 11 is 0. The number of hydrogen-bond acceptors (Lipinski definition) is 2. The van der Waals surface area contributed by atoms with Crippen molar-refractivity contribution in [1.82, 2.24) is 4.90 Å². The first-order valence-electron chi connectivity index (χ1n) is 8.29. The number of rotatable bonds is 5. The molecule has 22 heavy (non-hydrogen) atoms. The molecule has 3 heteroatoms. The van der Waals surface area contributed by atoms with Crippen LogP contribution in [0.3, 0.4) is 0 Å². The van der Waals surface area contributed by atoms with Gasteiger partial charge in [-0.1, -0.05) is 38.1 Å². The average molecular weight is 302 g/mol. The van der Waals surface area contributed by atoms with Gasteiger partial charge in [-0.05, 0) is 44.7 Å². The molecule has 0 spiro atoms. The van der Waals surface area contributed by atoms with Gasteiger partial charge in [0.05, 0.1) is 30.6 Å². The lowest BCUT2D eigenvalue weighted by atomic mass is 10.1. The second-order valence-electron chi connectivity index (χ2n) is 7.55. The molecule has 1 heterocycles. The molecular formula is C19H30N2O. The van der Waals surface area contributed by atoms with Gasteiger partial charge in [0.2, 0.25) is 0 Å². The molecule has 2 rings (SSSR count). The number of fused-ring (bicyclic) bond motifs is 1. The van der Waals surface area contributed by atoms with Crippen LogP contribution in [0, 0.1) is 5.92 Å². The highest BCUT2D eigenvalue weighted by Crippen LogP contribution is 2.31. The molecular weight excluding hydrogens is 272 g/mol. The molecule has 0 aliphatic carbocycles. The minimum atomic E-state index is -0.111. The molecule has 1 aliphatic rings. The number of ether oxygens (including phenoxy) is 1. The van der Waals surface area contributed by atoms with Gasteiger partial charge < -0.3 is 9.64 Å². The minimum Gasteiger partial charge on any atom is -0.374 e. The number of hydrogen-bond donors (Lipinski definition) is 0. The van der Waals surface area contributed by atoms with Crippen molar-refractivity contribution in [3.63, 3.8) is 0 Å². The molecule has 0 aromatic heterocycles. The first-order chi connectivity index (χ1) is 10.3.